The molecule has 4 rings (SSSR count). The number of piperidine rings is 1. The molecule has 25 heavy (non-hydrogen) atoms. The minimum Gasteiger partial charge on any atom is -0.417 e. The molecule has 0 saturated carbocycles. The lowest BCUT2D eigenvalue weighted by Gasteiger charge is -2.36. The van der Waals surface area contributed by atoms with E-state index in [4.69, 9.17) is 4.42 Å². The molecule has 0 radical (unpaired) electrons. The van der Waals surface area contributed by atoms with Crippen molar-refractivity contribution in [2.24, 2.45) is 0 Å². The van der Waals surface area contributed by atoms with Crippen molar-refractivity contribution in [2.75, 3.05) is 26.7 Å². The molecular weight excluding hydrogens is 330 g/mol. The number of halogens is 2. The summed E-state index contributed by atoms with van der Waals surface area (Å²) >= 11 is 0. The highest BCUT2D eigenvalue weighted by atomic mass is 19.3. The molecule has 1 atom stereocenters. The monoisotopic (exact) mass is 350 g/mol. The van der Waals surface area contributed by atoms with Crippen molar-refractivity contribution in [1.29, 1.82) is 0 Å². The second-order valence-corrected chi connectivity index (χ2v) is 6.82. The van der Waals surface area contributed by atoms with Crippen LogP contribution >= 0.6 is 0 Å². The molecule has 2 aliphatic heterocycles. The Balaban J connectivity index is 1.58. The molecule has 134 valence electrons. The zero-order valence-electron chi connectivity index (χ0n) is 14.0. The minimum atomic E-state index is -2.74. The highest BCUT2D eigenvalue weighted by Gasteiger charge is 2.50. The van der Waals surface area contributed by atoms with Crippen LogP contribution in [0.2, 0.25) is 0 Å². The second kappa shape index (κ2) is 6.38. The molecule has 0 aromatic carbocycles. The Hall–Kier alpha value is -2.00. The van der Waals surface area contributed by atoms with E-state index in [1.54, 1.807) is 6.20 Å². The average Bonchev–Trinajstić information content (AvgIpc) is 3.21. The van der Waals surface area contributed by atoms with E-state index in [1.165, 1.54) is 12.4 Å². The normalized spacial score (nSPS) is 25.5. The predicted octanol–water partition coefficient (Wildman–Crippen LogP) is 2.00. The van der Waals surface area contributed by atoms with Crippen molar-refractivity contribution in [2.45, 2.75) is 37.3 Å². The van der Waals surface area contributed by atoms with Gasteiger partial charge in [0.1, 0.15) is 5.69 Å². The number of hydrogen-bond donors (Lipinski definition) is 0. The Kier molecular flexibility index (Phi) is 4.20. The van der Waals surface area contributed by atoms with Crippen LogP contribution < -0.4 is 0 Å². The highest BCUT2D eigenvalue weighted by molar-refractivity contribution is 5.43. The van der Waals surface area contributed by atoms with Crippen LogP contribution in [0.5, 0.6) is 0 Å². The van der Waals surface area contributed by atoms with Crippen molar-refractivity contribution in [3.63, 3.8) is 0 Å². The van der Waals surface area contributed by atoms with Crippen LogP contribution in [0.3, 0.4) is 0 Å². The molecule has 0 aliphatic carbocycles. The van der Waals surface area contributed by atoms with Crippen molar-refractivity contribution in [3.05, 3.63) is 24.5 Å². The third kappa shape index (κ3) is 3.38. The molecule has 0 bridgehead atoms. The molecule has 0 N–H and O–H groups in total. The van der Waals surface area contributed by atoms with Crippen molar-refractivity contribution < 1.29 is 13.2 Å². The number of alkyl halides is 2. The van der Waals surface area contributed by atoms with E-state index in [-0.39, 0.29) is 30.8 Å². The van der Waals surface area contributed by atoms with Crippen molar-refractivity contribution in [3.8, 4) is 11.6 Å². The number of hydrogen-bond acceptors (Lipinski definition) is 7. The summed E-state index contributed by atoms with van der Waals surface area (Å²) in [7, 11) is 2.05. The summed E-state index contributed by atoms with van der Waals surface area (Å²) < 4.78 is 33.9. The number of rotatable bonds is 3. The third-order valence-corrected chi connectivity index (χ3v) is 4.97. The van der Waals surface area contributed by atoms with Gasteiger partial charge in [0, 0.05) is 24.9 Å². The van der Waals surface area contributed by atoms with Gasteiger partial charge >= 0.3 is 0 Å². The molecular formula is C16H20F2N6O. The van der Waals surface area contributed by atoms with Gasteiger partial charge in [0.05, 0.1) is 18.8 Å². The van der Waals surface area contributed by atoms with E-state index in [1.807, 2.05) is 4.90 Å². The first-order valence-corrected chi connectivity index (χ1v) is 8.44. The smallest absolute Gasteiger partial charge is 0.267 e. The van der Waals surface area contributed by atoms with Gasteiger partial charge in [-0.05, 0) is 33.0 Å². The zero-order chi connectivity index (χ0) is 17.4. The summed E-state index contributed by atoms with van der Waals surface area (Å²) in [4.78, 5) is 12.1. The lowest BCUT2D eigenvalue weighted by Crippen LogP contribution is -2.44. The number of nitrogens with zero attached hydrogens (tertiary/aromatic N) is 6. The number of aromatic nitrogens is 4. The van der Waals surface area contributed by atoms with Gasteiger partial charge in [0.15, 0.2) is 0 Å². The summed E-state index contributed by atoms with van der Waals surface area (Å²) in [6.07, 6.45) is 6.02. The van der Waals surface area contributed by atoms with Crippen LogP contribution in [0.4, 0.5) is 8.78 Å². The Morgan fingerprint density at radius 1 is 1.20 bits per heavy atom. The van der Waals surface area contributed by atoms with Crippen molar-refractivity contribution in [1.82, 2.24) is 30.0 Å². The fraction of sp³-hybridized carbons (Fsp3) is 0.625. The average molecular weight is 350 g/mol. The number of likely N-dealkylation sites (tertiary alicyclic amines) is 2. The van der Waals surface area contributed by atoms with Crippen LogP contribution in [0.25, 0.3) is 11.6 Å². The van der Waals surface area contributed by atoms with Crippen molar-refractivity contribution >= 4 is 0 Å². The van der Waals surface area contributed by atoms with E-state index in [2.05, 4.69) is 32.1 Å². The maximum absolute atomic E-state index is 14.1. The molecule has 0 amide bonds. The molecule has 2 aromatic heterocycles. The highest BCUT2D eigenvalue weighted by Crippen LogP contribution is 2.43. The minimum absolute atomic E-state index is 0.112. The summed E-state index contributed by atoms with van der Waals surface area (Å²) in [5, 5.41) is 8.00. The molecule has 2 aliphatic rings. The molecule has 0 unspecified atom stereocenters. The molecule has 0 spiro atoms. The topological polar surface area (TPSA) is 71.2 Å². The van der Waals surface area contributed by atoms with Gasteiger partial charge < -0.3 is 9.32 Å². The maximum Gasteiger partial charge on any atom is 0.267 e. The van der Waals surface area contributed by atoms with Gasteiger partial charge in [0.2, 0.25) is 5.89 Å². The zero-order valence-corrected chi connectivity index (χ0v) is 14.0. The van der Waals surface area contributed by atoms with Gasteiger partial charge in [-0.3, -0.25) is 9.88 Å². The van der Waals surface area contributed by atoms with Crippen LogP contribution in [0.15, 0.2) is 23.0 Å². The van der Waals surface area contributed by atoms with Crippen LogP contribution in [-0.4, -0.2) is 68.6 Å². The lowest BCUT2D eigenvalue weighted by atomic mass is 10.0. The fourth-order valence-electron chi connectivity index (χ4n) is 3.66. The Morgan fingerprint density at radius 2 is 2.00 bits per heavy atom. The van der Waals surface area contributed by atoms with Gasteiger partial charge in [-0.1, -0.05) is 0 Å². The van der Waals surface area contributed by atoms with Crippen LogP contribution in [0.1, 0.15) is 31.2 Å². The van der Waals surface area contributed by atoms with Gasteiger partial charge in [0.25, 0.3) is 11.8 Å². The quantitative estimate of drug-likeness (QED) is 0.838. The van der Waals surface area contributed by atoms with Crippen LogP contribution in [-0.2, 0) is 0 Å². The lowest BCUT2D eigenvalue weighted by molar-refractivity contribution is 0.00371. The van der Waals surface area contributed by atoms with Crippen LogP contribution in [0, 0.1) is 0 Å². The molecule has 4 heterocycles. The summed E-state index contributed by atoms with van der Waals surface area (Å²) in [5.74, 6) is -2.30. The SMILES string of the molecule is CN1CCC(N2CC(F)(F)C[C@H]2c2nnc(-c3cnccn3)o2)CC1. The van der Waals surface area contributed by atoms with E-state index in [9.17, 15) is 8.78 Å². The molecule has 2 fully saturated rings. The molecule has 2 saturated heterocycles. The first-order valence-electron chi connectivity index (χ1n) is 8.44. The third-order valence-electron chi connectivity index (χ3n) is 4.97. The maximum atomic E-state index is 14.1. The van der Waals surface area contributed by atoms with Gasteiger partial charge in [-0.2, -0.15) is 0 Å². The van der Waals surface area contributed by atoms with E-state index < -0.39 is 12.0 Å². The van der Waals surface area contributed by atoms with E-state index in [0.717, 1.165) is 25.9 Å². The summed E-state index contributed by atoms with van der Waals surface area (Å²) in [6, 6.07) is -0.442. The Morgan fingerprint density at radius 3 is 2.72 bits per heavy atom. The van der Waals surface area contributed by atoms with E-state index >= 15 is 0 Å². The molecule has 9 heteroatoms. The first kappa shape index (κ1) is 16.5. The molecule has 7 nitrogen and oxygen atoms in total. The summed E-state index contributed by atoms with van der Waals surface area (Å²) in [5.41, 5.74) is 0.442. The first-order chi connectivity index (χ1) is 12.0. The summed E-state index contributed by atoms with van der Waals surface area (Å²) in [6.45, 7) is 1.57. The molecule has 2 aromatic rings. The van der Waals surface area contributed by atoms with Gasteiger partial charge in [-0.25, -0.2) is 13.8 Å². The second-order valence-electron chi connectivity index (χ2n) is 6.82. The Bertz CT molecular complexity index is 716. The largest absolute Gasteiger partial charge is 0.417 e. The fourth-order valence-corrected chi connectivity index (χ4v) is 3.66. The van der Waals surface area contributed by atoms with Gasteiger partial charge in [-0.15, -0.1) is 10.2 Å². The van der Waals surface area contributed by atoms with E-state index in [0.29, 0.717) is 5.69 Å². The predicted molar refractivity (Wildman–Crippen MR) is 84.9 cm³/mol. The standard InChI is InChI=1S/C16H20F2N6O/c1-23-6-2-11(3-7-23)24-10-16(17,18)8-13(24)15-22-21-14(25-15)12-9-19-4-5-20-12/h4-5,9,11,13H,2-3,6-8,10H2,1H3/t13-/m0/s1. The Labute approximate surface area is 144 Å².